The molecule has 0 aliphatic rings. The summed E-state index contributed by atoms with van der Waals surface area (Å²) in [6.45, 7) is 8.84. The van der Waals surface area contributed by atoms with Crippen LogP contribution in [0.4, 0.5) is 0 Å². The lowest BCUT2D eigenvalue weighted by Crippen LogP contribution is -2.43. The summed E-state index contributed by atoms with van der Waals surface area (Å²) in [5.41, 5.74) is 7.47. The Morgan fingerprint density at radius 1 is 1.17 bits per heavy atom. The molecular weight excluding hydrogens is 288 g/mol. The maximum absolute atomic E-state index is 6.20. The summed E-state index contributed by atoms with van der Waals surface area (Å²) in [5, 5.41) is 0. The summed E-state index contributed by atoms with van der Waals surface area (Å²) in [4.78, 5) is 2.39. The Morgan fingerprint density at radius 3 is 2.22 bits per heavy atom. The normalized spacial score (nSPS) is 16.9. The maximum atomic E-state index is 6.20. The first-order valence-corrected chi connectivity index (χ1v) is 7.37. The first-order valence-electron chi connectivity index (χ1n) is 6.57. The van der Waals surface area contributed by atoms with Crippen molar-refractivity contribution in [1.82, 2.24) is 4.90 Å². The van der Waals surface area contributed by atoms with Gasteiger partial charge in [0.15, 0.2) is 0 Å². The molecular formula is C15H25BrN2. The van der Waals surface area contributed by atoms with Crippen LogP contribution in [0.2, 0.25) is 0 Å². The van der Waals surface area contributed by atoms with Gasteiger partial charge in [0.1, 0.15) is 0 Å². The van der Waals surface area contributed by atoms with E-state index in [1.807, 2.05) is 6.07 Å². The molecule has 0 heterocycles. The fourth-order valence-electron chi connectivity index (χ4n) is 2.32. The van der Waals surface area contributed by atoms with Gasteiger partial charge in [-0.15, -0.1) is 0 Å². The lowest BCUT2D eigenvalue weighted by Gasteiger charge is -2.37. The predicted octanol–water partition coefficient (Wildman–Crippen LogP) is 3.81. The summed E-state index contributed by atoms with van der Waals surface area (Å²) >= 11 is 3.54. The monoisotopic (exact) mass is 312 g/mol. The number of nitrogens with two attached hydrogens (primary N) is 1. The Bertz CT molecular complexity index is 377. The second-order valence-electron chi connectivity index (χ2n) is 5.51. The van der Waals surface area contributed by atoms with E-state index in [0.717, 1.165) is 4.47 Å². The largest absolute Gasteiger partial charge is 0.326 e. The highest BCUT2D eigenvalue weighted by Gasteiger charge is 2.26. The first kappa shape index (κ1) is 15.7. The van der Waals surface area contributed by atoms with Crippen LogP contribution in [0.1, 0.15) is 39.3 Å². The molecule has 0 saturated heterocycles. The van der Waals surface area contributed by atoms with E-state index in [4.69, 9.17) is 5.73 Å². The molecule has 0 saturated carbocycles. The van der Waals surface area contributed by atoms with Crippen molar-refractivity contribution in [2.24, 2.45) is 11.7 Å². The zero-order valence-electron chi connectivity index (χ0n) is 12.0. The average molecular weight is 313 g/mol. The van der Waals surface area contributed by atoms with E-state index in [-0.39, 0.29) is 12.1 Å². The molecule has 3 atom stereocenters. The molecule has 0 fully saturated rings. The Morgan fingerprint density at radius 2 is 1.78 bits per heavy atom. The van der Waals surface area contributed by atoms with Crippen molar-refractivity contribution in [3.05, 3.63) is 34.3 Å². The van der Waals surface area contributed by atoms with Gasteiger partial charge in [0.05, 0.1) is 0 Å². The minimum Gasteiger partial charge on any atom is -0.326 e. The van der Waals surface area contributed by atoms with E-state index in [1.54, 1.807) is 0 Å². The van der Waals surface area contributed by atoms with E-state index >= 15 is 0 Å². The van der Waals surface area contributed by atoms with E-state index in [9.17, 15) is 0 Å². The zero-order chi connectivity index (χ0) is 13.9. The quantitative estimate of drug-likeness (QED) is 0.895. The third kappa shape index (κ3) is 3.81. The zero-order valence-corrected chi connectivity index (χ0v) is 13.6. The van der Waals surface area contributed by atoms with Crippen molar-refractivity contribution in [2.45, 2.75) is 45.8 Å². The van der Waals surface area contributed by atoms with Gasteiger partial charge in [0.25, 0.3) is 0 Å². The Hall–Kier alpha value is -0.380. The lowest BCUT2D eigenvalue weighted by molar-refractivity contribution is 0.133. The minimum atomic E-state index is 0.102. The highest BCUT2D eigenvalue weighted by atomic mass is 79.9. The van der Waals surface area contributed by atoms with Crippen LogP contribution in [0, 0.1) is 5.92 Å². The molecule has 0 radical (unpaired) electrons. The van der Waals surface area contributed by atoms with Gasteiger partial charge in [0, 0.05) is 22.6 Å². The molecule has 3 heteroatoms. The molecule has 18 heavy (non-hydrogen) atoms. The van der Waals surface area contributed by atoms with Gasteiger partial charge in [-0.25, -0.2) is 0 Å². The van der Waals surface area contributed by atoms with Crippen molar-refractivity contribution in [3.8, 4) is 0 Å². The molecule has 0 bridgehead atoms. The third-order valence-corrected chi connectivity index (χ3v) is 4.23. The van der Waals surface area contributed by atoms with Crippen LogP contribution in [0.15, 0.2) is 28.7 Å². The molecule has 2 nitrogen and oxygen atoms in total. The number of halogens is 1. The fraction of sp³-hybridized carbons (Fsp3) is 0.600. The van der Waals surface area contributed by atoms with E-state index in [1.165, 1.54) is 5.56 Å². The predicted molar refractivity (Wildman–Crippen MR) is 82.6 cm³/mol. The topological polar surface area (TPSA) is 29.3 Å². The standard InChI is InChI=1S/C15H25BrN2/c1-10(2)12(4)18(5)15(11(3)17)13-7-6-8-14(16)9-13/h6-12,15H,17H2,1-5H3. The van der Waals surface area contributed by atoms with Crippen LogP contribution >= 0.6 is 15.9 Å². The smallest absolute Gasteiger partial charge is 0.0496 e. The van der Waals surface area contributed by atoms with E-state index in [0.29, 0.717) is 12.0 Å². The van der Waals surface area contributed by atoms with Gasteiger partial charge in [-0.1, -0.05) is 41.9 Å². The average Bonchev–Trinajstić information content (AvgIpc) is 2.27. The van der Waals surface area contributed by atoms with Crippen molar-refractivity contribution in [3.63, 3.8) is 0 Å². The second-order valence-corrected chi connectivity index (χ2v) is 6.42. The van der Waals surface area contributed by atoms with E-state index in [2.05, 4.69) is 73.8 Å². The van der Waals surface area contributed by atoms with Crippen molar-refractivity contribution in [1.29, 1.82) is 0 Å². The summed E-state index contributed by atoms with van der Waals surface area (Å²) in [6.07, 6.45) is 0. The van der Waals surface area contributed by atoms with Gasteiger partial charge in [0.2, 0.25) is 0 Å². The Labute approximate surface area is 120 Å². The van der Waals surface area contributed by atoms with Gasteiger partial charge in [-0.3, -0.25) is 4.90 Å². The molecule has 1 aromatic carbocycles. The third-order valence-electron chi connectivity index (χ3n) is 3.73. The molecule has 3 unspecified atom stereocenters. The fourth-order valence-corrected chi connectivity index (χ4v) is 2.74. The summed E-state index contributed by atoms with van der Waals surface area (Å²) in [5.74, 6) is 0.614. The SMILES string of the molecule is CC(C)C(C)N(C)C(c1cccc(Br)c1)C(C)N. The van der Waals surface area contributed by atoms with Crippen LogP contribution in [0.5, 0.6) is 0 Å². The van der Waals surface area contributed by atoms with E-state index < -0.39 is 0 Å². The van der Waals surface area contributed by atoms with Crippen molar-refractivity contribution in [2.75, 3.05) is 7.05 Å². The highest BCUT2D eigenvalue weighted by molar-refractivity contribution is 9.10. The van der Waals surface area contributed by atoms with Crippen LogP contribution in [0.3, 0.4) is 0 Å². The van der Waals surface area contributed by atoms with Gasteiger partial charge in [-0.05, 0) is 44.5 Å². The molecule has 1 rings (SSSR count). The van der Waals surface area contributed by atoms with Crippen LogP contribution in [0.25, 0.3) is 0 Å². The van der Waals surface area contributed by atoms with Gasteiger partial charge >= 0.3 is 0 Å². The van der Waals surface area contributed by atoms with Gasteiger partial charge < -0.3 is 5.73 Å². The minimum absolute atomic E-state index is 0.102. The van der Waals surface area contributed by atoms with Gasteiger partial charge in [-0.2, -0.15) is 0 Å². The summed E-state index contributed by atoms with van der Waals surface area (Å²) in [7, 11) is 2.17. The highest BCUT2D eigenvalue weighted by Crippen LogP contribution is 2.28. The lowest BCUT2D eigenvalue weighted by atomic mass is 9.95. The number of nitrogens with zero attached hydrogens (tertiary/aromatic N) is 1. The molecule has 0 aliphatic heterocycles. The van der Waals surface area contributed by atoms with Crippen LogP contribution < -0.4 is 5.73 Å². The van der Waals surface area contributed by atoms with Crippen LogP contribution in [-0.4, -0.2) is 24.0 Å². The molecule has 1 aromatic rings. The number of hydrogen-bond acceptors (Lipinski definition) is 2. The molecule has 102 valence electrons. The number of hydrogen-bond donors (Lipinski definition) is 1. The number of likely N-dealkylation sites (N-methyl/N-ethyl adjacent to an activating group) is 1. The van der Waals surface area contributed by atoms with Crippen molar-refractivity contribution >= 4 is 15.9 Å². The van der Waals surface area contributed by atoms with Crippen LogP contribution in [-0.2, 0) is 0 Å². The Kier molecular flexibility index (Phi) is 5.83. The number of benzene rings is 1. The molecule has 0 aliphatic carbocycles. The summed E-state index contributed by atoms with van der Waals surface area (Å²) < 4.78 is 1.11. The summed E-state index contributed by atoms with van der Waals surface area (Å²) in [6, 6.07) is 9.29. The van der Waals surface area contributed by atoms with Crippen molar-refractivity contribution < 1.29 is 0 Å². The molecule has 0 amide bonds. The Balaban J connectivity index is 3.03. The molecule has 2 N–H and O–H groups in total. The molecule has 0 spiro atoms. The second kappa shape index (κ2) is 6.69. The molecule has 0 aromatic heterocycles. The first-order chi connectivity index (χ1) is 8.34. The number of rotatable bonds is 5. The maximum Gasteiger partial charge on any atom is 0.0496 e.